The van der Waals surface area contributed by atoms with E-state index in [0.29, 0.717) is 6.61 Å². The van der Waals surface area contributed by atoms with Gasteiger partial charge in [0.2, 0.25) is 0 Å². The fourth-order valence-electron chi connectivity index (χ4n) is 1.24. The van der Waals surface area contributed by atoms with E-state index in [-0.39, 0.29) is 6.61 Å². The molecule has 0 aromatic carbocycles. The first-order chi connectivity index (χ1) is 8.11. The first-order valence-corrected chi connectivity index (χ1v) is 6.21. The molecule has 1 atom stereocenters. The number of esters is 1. The van der Waals surface area contributed by atoms with Crippen molar-refractivity contribution in [1.82, 2.24) is 5.32 Å². The van der Waals surface area contributed by atoms with Crippen molar-refractivity contribution in [2.75, 3.05) is 13.2 Å². The molecule has 0 saturated heterocycles. The molecule has 0 saturated carbocycles. The molecule has 1 amide bonds. The molecule has 1 N–H and O–H groups in total. The molecule has 5 heteroatoms. The zero-order chi connectivity index (χ0) is 13.1. The molecule has 0 fully saturated rings. The van der Waals surface area contributed by atoms with Crippen molar-refractivity contribution in [2.45, 2.75) is 52.5 Å². The number of nitrogens with one attached hydrogen (secondary N) is 1. The minimum atomic E-state index is -0.666. The first kappa shape index (κ1) is 15.7. The van der Waals surface area contributed by atoms with Gasteiger partial charge in [-0.3, -0.25) is 0 Å². The van der Waals surface area contributed by atoms with Gasteiger partial charge in [0.1, 0.15) is 6.04 Å². The van der Waals surface area contributed by atoms with Crippen LogP contribution >= 0.6 is 0 Å². The van der Waals surface area contributed by atoms with Crippen molar-refractivity contribution in [1.29, 1.82) is 0 Å². The Morgan fingerprint density at radius 3 is 2.41 bits per heavy atom. The van der Waals surface area contributed by atoms with Gasteiger partial charge in [0, 0.05) is 0 Å². The van der Waals surface area contributed by atoms with E-state index in [1.54, 1.807) is 13.8 Å². The maximum Gasteiger partial charge on any atom is 0.407 e. The van der Waals surface area contributed by atoms with E-state index in [2.05, 4.69) is 17.0 Å². The van der Waals surface area contributed by atoms with E-state index in [4.69, 9.17) is 4.74 Å². The SMILES string of the molecule is CCCCCCOC(=O)C(C)NC(=O)OCC. The van der Waals surface area contributed by atoms with Crippen molar-refractivity contribution in [2.24, 2.45) is 0 Å². The van der Waals surface area contributed by atoms with Crippen LogP contribution in [0.2, 0.25) is 0 Å². The minimum absolute atomic E-state index is 0.282. The number of carbonyl (C=O) groups excluding carboxylic acids is 2. The average molecular weight is 245 g/mol. The third kappa shape index (κ3) is 8.54. The molecule has 0 aromatic heterocycles. The minimum Gasteiger partial charge on any atom is -0.464 e. The number of hydrogen-bond donors (Lipinski definition) is 1. The lowest BCUT2D eigenvalue weighted by atomic mass is 10.2. The normalized spacial score (nSPS) is 11.7. The second-order valence-electron chi connectivity index (χ2n) is 3.81. The van der Waals surface area contributed by atoms with Crippen LogP contribution in [-0.4, -0.2) is 31.3 Å². The quantitative estimate of drug-likeness (QED) is 0.526. The Bertz CT molecular complexity index is 231. The Hall–Kier alpha value is -1.26. The van der Waals surface area contributed by atoms with Gasteiger partial charge < -0.3 is 14.8 Å². The Labute approximate surface area is 103 Å². The highest BCUT2D eigenvalue weighted by Crippen LogP contribution is 2.00. The van der Waals surface area contributed by atoms with E-state index in [1.165, 1.54) is 0 Å². The van der Waals surface area contributed by atoms with Crippen LogP contribution in [0.4, 0.5) is 4.79 Å². The van der Waals surface area contributed by atoms with E-state index in [0.717, 1.165) is 25.7 Å². The van der Waals surface area contributed by atoms with Gasteiger partial charge in [-0.1, -0.05) is 26.2 Å². The summed E-state index contributed by atoms with van der Waals surface area (Å²) in [4.78, 5) is 22.5. The van der Waals surface area contributed by atoms with Gasteiger partial charge in [0.15, 0.2) is 0 Å². The summed E-state index contributed by atoms with van der Waals surface area (Å²) in [6, 6.07) is -0.666. The summed E-state index contributed by atoms with van der Waals surface area (Å²) < 4.78 is 9.68. The lowest BCUT2D eigenvalue weighted by molar-refractivity contribution is -0.145. The molecule has 0 radical (unpaired) electrons. The van der Waals surface area contributed by atoms with Crippen molar-refractivity contribution in [3.05, 3.63) is 0 Å². The Morgan fingerprint density at radius 1 is 1.12 bits per heavy atom. The summed E-state index contributed by atoms with van der Waals surface area (Å²) in [5.74, 6) is -0.422. The van der Waals surface area contributed by atoms with Crippen molar-refractivity contribution < 1.29 is 19.1 Å². The van der Waals surface area contributed by atoms with E-state index < -0.39 is 18.1 Å². The second kappa shape index (κ2) is 9.93. The maximum atomic E-state index is 11.4. The Balaban J connectivity index is 3.63. The predicted molar refractivity (Wildman–Crippen MR) is 64.7 cm³/mol. The van der Waals surface area contributed by atoms with Crippen LogP contribution in [0.1, 0.15) is 46.5 Å². The van der Waals surface area contributed by atoms with Crippen molar-refractivity contribution >= 4 is 12.1 Å². The summed E-state index contributed by atoms with van der Waals surface area (Å²) in [5.41, 5.74) is 0. The monoisotopic (exact) mass is 245 g/mol. The van der Waals surface area contributed by atoms with Crippen molar-refractivity contribution in [3.63, 3.8) is 0 Å². The van der Waals surface area contributed by atoms with Gasteiger partial charge in [-0.05, 0) is 20.3 Å². The van der Waals surface area contributed by atoms with Gasteiger partial charge in [-0.15, -0.1) is 0 Å². The summed E-state index contributed by atoms with van der Waals surface area (Å²) >= 11 is 0. The third-order valence-electron chi connectivity index (χ3n) is 2.21. The van der Waals surface area contributed by atoms with Gasteiger partial charge in [0.25, 0.3) is 0 Å². The molecular formula is C12H23NO4. The fourth-order valence-corrected chi connectivity index (χ4v) is 1.24. The Morgan fingerprint density at radius 2 is 1.82 bits per heavy atom. The summed E-state index contributed by atoms with van der Waals surface area (Å²) in [5, 5.41) is 2.40. The molecule has 0 rings (SSSR count). The second-order valence-corrected chi connectivity index (χ2v) is 3.81. The molecule has 0 spiro atoms. The molecule has 0 aliphatic carbocycles. The molecule has 100 valence electrons. The molecule has 5 nitrogen and oxygen atoms in total. The Kier molecular flexibility index (Phi) is 9.19. The maximum absolute atomic E-state index is 11.4. The van der Waals surface area contributed by atoms with E-state index in [1.807, 2.05) is 0 Å². The highest BCUT2D eigenvalue weighted by Gasteiger charge is 2.16. The standard InChI is InChI=1S/C12H23NO4/c1-4-6-7-8-9-17-11(14)10(3)13-12(15)16-5-2/h10H,4-9H2,1-3H3,(H,13,15). The molecule has 0 aliphatic heterocycles. The van der Waals surface area contributed by atoms with Gasteiger partial charge in [-0.25, -0.2) is 9.59 Å². The first-order valence-electron chi connectivity index (χ1n) is 6.21. The molecule has 0 aliphatic rings. The molecule has 1 unspecified atom stereocenters. The summed E-state index contributed by atoms with van der Waals surface area (Å²) in [7, 11) is 0. The van der Waals surface area contributed by atoms with E-state index >= 15 is 0 Å². The fraction of sp³-hybridized carbons (Fsp3) is 0.833. The number of amides is 1. The number of ether oxygens (including phenoxy) is 2. The molecule has 0 heterocycles. The zero-order valence-electron chi connectivity index (χ0n) is 11.0. The van der Waals surface area contributed by atoms with Crippen molar-refractivity contribution in [3.8, 4) is 0 Å². The number of hydrogen-bond acceptors (Lipinski definition) is 4. The van der Waals surface area contributed by atoms with Crippen LogP contribution in [0, 0.1) is 0 Å². The molecule has 17 heavy (non-hydrogen) atoms. The smallest absolute Gasteiger partial charge is 0.407 e. The number of unbranched alkanes of at least 4 members (excludes halogenated alkanes) is 3. The van der Waals surface area contributed by atoms with Crippen LogP contribution in [0.25, 0.3) is 0 Å². The molecular weight excluding hydrogens is 222 g/mol. The van der Waals surface area contributed by atoms with Crippen LogP contribution in [0.3, 0.4) is 0 Å². The number of carbonyl (C=O) groups is 2. The van der Waals surface area contributed by atoms with Gasteiger partial charge in [-0.2, -0.15) is 0 Å². The van der Waals surface area contributed by atoms with Gasteiger partial charge >= 0.3 is 12.1 Å². The average Bonchev–Trinajstić information content (AvgIpc) is 2.28. The topological polar surface area (TPSA) is 64.6 Å². The summed E-state index contributed by atoms with van der Waals surface area (Å²) in [6.45, 7) is 6.09. The molecule has 0 bridgehead atoms. The predicted octanol–water partition coefficient (Wildman–Crippen LogP) is 2.24. The molecule has 0 aromatic rings. The lowest BCUT2D eigenvalue weighted by Gasteiger charge is -2.12. The highest BCUT2D eigenvalue weighted by atomic mass is 16.6. The van der Waals surface area contributed by atoms with Crippen LogP contribution in [-0.2, 0) is 14.3 Å². The largest absolute Gasteiger partial charge is 0.464 e. The van der Waals surface area contributed by atoms with Gasteiger partial charge in [0.05, 0.1) is 13.2 Å². The number of rotatable bonds is 8. The lowest BCUT2D eigenvalue weighted by Crippen LogP contribution is -2.39. The zero-order valence-corrected chi connectivity index (χ0v) is 11.0. The number of alkyl carbamates (subject to hydrolysis) is 1. The van der Waals surface area contributed by atoms with E-state index in [9.17, 15) is 9.59 Å². The van der Waals surface area contributed by atoms with Crippen LogP contribution < -0.4 is 5.32 Å². The summed E-state index contributed by atoms with van der Waals surface area (Å²) in [6.07, 6.45) is 3.63. The third-order valence-corrected chi connectivity index (χ3v) is 2.21. The highest BCUT2D eigenvalue weighted by molar-refractivity contribution is 5.80. The van der Waals surface area contributed by atoms with Crippen LogP contribution in [0.15, 0.2) is 0 Å². The van der Waals surface area contributed by atoms with Crippen LogP contribution in [0.5, 0.6) is 0 Å².